The maximum absolute atomic E-state index is 12.4. The fourth-order valence-corrected chi connectivity index (χ4v) is 2.92. The van der Waals surface area contributed by atoms with Crippen LogP contribution in [-0.4, -0.2) is 76.3 Å². The molecule has 1 aromatic carbocycles. The van der Waals surface area contributed by atoms with Gasteiger partial charge in [-0.3, -0.25) is 14.4 Å². The zero-order valence-corrected chi connectivity index (χ0v) is 18.5. The van der Waals surface area contributed by atoms with Crippen LogP contribution in [0.3, 0.4) is 0 Å². The quantitative estimate of drug-likeness (QED) is 0.141. The van der Waals surface area contributed by atoms with Crippen molar-refractivity contribution in [3.63, 3.8) is 0 Å². The lowest BCUT2D eigenvalue weighted by atomic mass is 10.1. The molecule has 0 aliphatic carbocycles. The molecule has 0 saturated carbocycles. The van der Waals surface area contributed by atoms with Crippen LogP contribution in [-0.2, 0) is 25.6 Å². The van der Waals surface area contributed by atoms with Crippen LogP contribution in [0.15, 0.2) is 24.3 Å². The third kappa shape index (κ3) is 10.3. The number of unbranched alkanes of at least 4 members (excludes halogenated alkanes) is 1. The smallest absolute Gasteiger partial charge is 0.326 e. The number of aliphatic hydroxyl groups excluding tert-OH is 1. The zero-order valence-electron chi connectivity index (χ0n) is 18.5. The van der Waals surface area contributed by atoms with Gasteiger partial charge in [0.15, 0.2) is 0 Å². The minimum absolute atomic E-state index is 0.0791. The van der Waals surface area contributed by atoms with Crippen molar-refractivity contribution in [2.45, 2.75) is 56.8 Å². The fraction of sp³-hybridized carbons (Fsp3) is 0.524. The number of rotatable bonds is 14. The predicted molar refractivity (Wildman–Crippen MR) is 119 cm³/mol. The lowest BCUT2D eigenvalue weighted by Crippen LogP contribution is -2.57. The van der Waals surface area contributed by atoms with Gasteiger partial charge in [0.2, 0.25) is 17.7 Å². The molecule has 0 fully saturated rings. The van der Waals surface area contributed by atoms with Crippen LogP contribution in [0.25, 0.3) is 0 Å². The van der Waals surface area contributed by atoms with Crippen molar-refractivity contribution in [3.05, 3.63) is 29.8 Å². The fourth-order valence-electron chi connectivity index (χ4n) is 2.92. The Morgan fingerprint density at radius 3 is 2.21 bits per heavy atom. The van der Waals surface area contributed by atoms with Gasteiger partial charge in [0.25, 0.3) is 0 Å². The normalized spacial score (nSPS) is 14.4. The number of phenols is 1. The molecular weight excluding hydrogens is 434 g/mol. The number of aromatic hydroxyl groups is 1. The molecular formula is C21H33N5O7. The van der Waals surface area contributed by atoms with Gasteiger partial charge in [-0.2, -0.15) is 0 Å². The van der Waals surface area contributed by atoms with Gasteiger partial charge in [0.05, 0.1) is 18.7 Å². The van der Waals surface area contributed by atoms with Gasteiger partial charge >= 0.3 is 5.97 Å². The van der Waals surface area contributed by atoms with Crippen molar-refractivity contribution in [3.8, 4) is 5.75 Å². The van der Waals surface area contributed by atoms with Gasteiger partial charge in [-0.15, -0.1) is 0 Å². The number of nitrogens with two attached hydrogens (primary N) is 2. The molecule has 1 aromatic rings. The lowest BCUT2D eigenvalue weighted by Gasteiger charge is -2.23. The molecule has 0 aromatic heterocycles. The average molecular weight is 468 g/mol. The van der Waals surface area contributed by atoms with E-state index in [9.17, 15) is 34.5 Å². The van der Waals surface area contributed by atoms with E-state index >= 15 is 0 Å². The number of benzene rings is 1. The van der Waals surface area contributed by atoms with Crippen LogP contribution in [0, 0.1) is 0 Å². The summed E-state index contributed by atoms with van der Waals surface area (Å²) < 4.78 is 0. The Labute approximate surface area is 191 Å². The number of nitrogens with one attached hydrogen (secondary N) is 3. The summed E-state index contributed by atoms with van der Waals surface area (Å²) in [6, 6.07) is 2.58. The van der Waals surface area contributed by atoms with E-state index in [1.807, 2.05) is 0 Å². The van der Waals surface area contributed by atoms with Crippen molar-refractivity contribution in [2.24, 2.45) is 11.5 Å². The van der Waals surface area contributed by atoms with Gasteiger partial charge in [0.1, 0.15) is 17.8 Å². The standard InChI is InChI=1S/C21H33N5O7/c1-12(27)18(20(31)25-16(21(32)33)4-2-3-9-22)26-17(29)11-24-19(30)15(23)10-13-5-7-14(28)8-6-13/h5-8,12,15-16,18,27-28H,2-4,9-11,22-23H2,1H3,(H,24,30)(H,25,31)(H,26,29)(H,32,33). The van der Waals surface area contributed by atoms with Crippen molar-refractivity contribution < 1.29 is 34.5 Å². The first kappa shape index (κ1) is 27.8. The summed E-state index contributed by atoms with van der Waals surface area (Å²) >= 11 is 0. The molecule has 0 aliphatic heterocycles. The molecule has 33 heavy (non-hydrogen) atoms. The molecule has 1 rings (SSSR count). The summed E-state index contributed by atoms with van der Waals surface area (Å²) in [6.45, 7) is 1.15. The first-order valence-electron chi connectivity index (χ1n) is 10.6. The maximum Gasteiger partial charge on any atom is 0.326 e. The van der Waals surface area contributed by atoms with Crippen LogP contribution in [0.2, 0.25) is 0 Å². The van der Waals surface area contributed by atoms with E-state index in [2.05, 4.69) is 16.0 Å². The number of amides is 3. The third-order valence-electron chi connectivity index (χ3n) is 4.79. The van der Waals surface area contributed by atoms with Crippen LogP contribution in [0.5, 0.6) is 5.75 Å². The van der Waals surface area contributed by atoms with Crippen LogP contribution in [0.4, 0.5) is 0 Å². The van der Waals surface area contributed by atoms with E-state index in [0.717, 1.165) is 0 Å². The number of aliphatic carboxylic acids is 1. The molecule has 0 radical (unpaired) electrons. The van der Waals surface area contributed by atoms with E-state index in [4.69, 9.17) is 11.5 Å². The number of aliphatic hydroxyl groups is 1. The second kappa shape index (κ2) is 14.0. The highest BCUT2D eigenvalue weighted by molar-refractivity contribution is 5.92. The minimum atomic E-state index is -1.42. The van der Waals surface area contributed by atoms with Gasteiger partial charge in [-0.05, 0) is 56.8 Å². The number of hydrogen-bond donors (Lipinski definition) is 8. The Morgan fingerprint density at radius 1 is 1.03 bits per heavy atom. The molecule has 4 atom stereocenters. The number of carbonyl (C=O) groups excluding carboxylic acids is 3. The summed E-state index contributed by atoms with van der Waals surface area (Å²) in [5, 5.41) is 35.4. The molecule has 0 spiro atoms. The Morgan fingerprint density at radius 2 is 1.67 bits per heavy atom. The lowest BCUT2D eigenvalue weighted by molar-refractivity contribution is -0.143. The maximum atomic E-state index is 12.4. The molecule has 0 bridgehead atoms. The molecule has 0 saturated heterocycles. The predicted octanol–water partition coefficient (Wildman–Crippen LogP) is -2.06. The summed E-state index contributed by atoms with van der Waals surface area (Å²) in [5.74, 6) is -3.41. The van der Waals surface area contributed by atoms with E-state index in [1.165, 1.54) is 19.1 Å². The second-order valence-electron chi connectivity index (χ2n) is 7.66. The molecule has 12 nitrogen and oxygen atoms in total. The average Bonchev–Trinajstić information content (AvgIpc) is 2.76. The first-order valence-corrected chi connectivity index (χ1v) is 10.6. The highest BCUT2D eigenvalue weighted by atomic mass is 16.4. The van der Waals surface area contributed by atoms with Crippen molar-refractivity contribution in [2.75, 3.05) is 13.1 Å². The van der Waals surface area contributed by atoms with Crippen LogP contribution >= 0.6 is 0 Å². The summed E-state index contributed by atoms with van der Waals surface area (Å²) in [4.78, 5) is 48.2. The second-order valence-corrected chi connectivity index (χ2v) is 7.66. The topological polar surface area (TPSA) is 217 Å². The Balaban J connectivity index is 2.58. The molecule has 0 heterocycles. The number of hydrogen-bond acceptors (Lipinski definition) is 8. The highest BCUT2D eigenvalue weighted by Gasteiger charge is 2.29. The third-order valence-corrected chi connectivity index (χ3v) is 4.79. The molecule has 184 valence electrons. The molecule has 10 N–H and O–H groups in total. The van der Waals surface area contributed by atoms with Gasteiger partial charge in [-0.1, -0.05) is 12.1 Å². The van der Waals surface area contributed by atoms with Gasteiger partial charge < -0.3 is 42.7 Å². The Hall–Kier alpha value is -3.22. The molecule has 0 aliphatic rings. The van der Waals surface area contributed by atoms with Gasteiger partial charge in [0, 0.05) is 0 Å². The monoisotopic (exact) mass is 467 g/mol. The van der Waals surface area contributed by atoms with Crippen molar-refractivity contribution in [1.29, 1.82) is 0 Å². The van der Waals surface area contributed by atoms with E-state index in [1.54, 1.807) is 12.1 Å². The van der Waals surface area contributed by atoms with Crippen LogP contribution < -0.4 is 27.4 Å². The zero-order chi connectivity index (χ0) is 25.0. The molecule has 4 unspecified atom stereocenters. The number of carboxylic acids is 1. The largest absolute Gasteiger partial charge is 0.508 e. The first-order chi connectivity index (χ1) is 15.5. The molecule has 3 amide bonds. The van der Waals surface area contributed by atoms with Crippen molar-refractivity contribution >= 4 is 23.7 Å². The van der Waals surface area contributed by atoms with Gasteiger partial charge in [-0.25, -0.2) is 4.79 Å². The number of phenolic OH excluding ortho intramolecular Hbond substituents is 1. The Bertz CT molecular complexity index is 801. The summed E-state index contributed by atoms with van der Waals surface area (Å²) in [7, 11) is 0. The van der Waals surface area contributed by atoms with Crippen molar-refractivity contribution in [1.82, 2.24) is 16.0 Å². The SMILES string of the molecule is CC(O)C(NC(=O)CNC(=O)C(N)Cc1ccc(O)cc1)C(=O)NC(CCCCN)C(=O)O. The highest BCUT2D eigenvalue weighted by Crippen LogP contribution is 2.10. The summed E-state index contributed by atoms with van der Waals surface area (Å²) in [6.07, 6.45) is 0.0709. The van der Waals surface area contributed by atoms with E-state index in [0.29, 0.717) is 24.9 Å². The minimum Gasteiger partial charge on any atom is -0.508 e. The molecule has 12 heteroatoms. The Kier molecular flexibility index (Phi) is 11.8. The van der Waals surface area contributed by atoms with E-state index in [-0.39, 0.29) is 18.6 Å². The number of carboxylic acid groups (broad SMARTS) is 1. The van der Waals surface area contributed by atoms with E-state index < -0.39 is 54.5 Å². The summed E-state index contributed by atoms with van der Waals surface area (Å²) in [5.41, 5.74) is 11.9. The number of carbonyl (C=O) groups is 4. The van der Waals surface area contributed by atoms with Crippen LogP contribution in [0.1, 0.15) is 31.7 Å².